The Balaban J connectivity index is 1.42. The number of carbonyl (C=O) groups excluding carboxylic acids is 3. The number of benzene rings is 2. The maximum atomic E-state index is 12.7. The molecule has 0 spiro atoms. The van der Waals surface area contributed by atoms with Crippen LogP contribution in [0, 0.1) is 11.3 Å². The molecule has 0 saturated carbocycles. The summed E-state index contributed by atoms with van der Waals surface area (Å²) in [6.07, 6.45) is 0.812. The molecule has 1 atom stereocenters. The summed E-state index contributed by atoms with van der Waals surface area (Å²) in [5.74, 6) is -1.82. The van der Waals surface area contributed by atoms with Crippen molar-refractivity contribution in [2.75, 3.05) is 39.6 Å². The zero-order chi connectivity index (χ0) is 27.5. The van der Waals surface area contributed by atoms with Gasteiger partial charge in [0.2, 0.25) is 5.91 Å². The molecule has 206 valence electrons. The number of fused-ring (bicyclic) bond motifs is 3. The van der Waals surface area contributed by atoms with E-state index in [-0.39, 0.29) is 42.5 Å². The molecule has 2 aromatic rings. The minimum Gasteiger partial charge on any atom is -0.465 e. The molecule has 0 fully saturated rings. The van der Waals surface area contributed by atoms with Crippen LogP contribution < -0.4 is 5.32 Å². The van der Waals surface area contributed by atoms with Gasteiger partial charge in [-0.05, 0) is 41.0 Å². The Morgan fingerprint density at radius 2 is 1.42 bits per heavy atom. The normalized spacial score (nSPS) is 13.5. The second kappa shape index (κ2) is 14.2. The first-order chi connectivity index (χ1) is 18.2. The average molecular weight is 524 g/mol. The molecule has 1 aliphatic rings. The SMILES string of the molecule is CC(=O)C[C@H](CC(=O)OCC1c2ccccc2-c2ccccc21)C(=O)NCCOCCOCCC(C)(C)C. The number of ketones is 1. The second-order valence-electron chi connectivity index (χ2n) is 11.0. The zero-order valence-corrected chi connectivity index (χ0v) is 23.1. The molecular formula is C31H41NO6. The van der Waals surface area contributed by atoms with Gasteiger partial charge in [-0.25, -0.2) is 0 Å². The molecule has 0 aliphatic heterocycles. The smallest absolute Gasteiger partial charge is 0.306 e. The Labute approximate surface area is 226 Å². The summed E-state index contributed by atoms with van der Waals surface area (Å²) in [4.78, 5) is 37.2. The summed E-state index contributed by atoms with van der Waals surface area (Å²) in [6, 6.07) is 16.2. The van der Waals surface area contributed by atoms with Gasteiger partial charge in [-0.1, -0.05) is 69.3 Å². The van der Waals surface area contributed by atoms with Crippen molar-refractivity contribution in [2.45, 2.75) is 52.9 Å². The summed E-state index contributed by atoms with van der Waals surface area (Å²) in [5, 5.41) is 2.77. The zero-order valence-electron chi connectivity index (χ0n) is 23.1. The molecule has 0 saturated heterocycles. The van der Waals surface area contributed by atoms with Crippen molar-refractivity contribution in [3.63, 3.8) is 0 Å². The lowest BCUT2D eigenvalue weighted by Crippen LogP contribution is -2.35. The first-order valence-electron chi connectivity index (χ1n) is 13.4. The van der Waals surface area contributed by atoms with Crippen molar-refractivity contribution in [3.05, 3.63) is 59.7 Å². The fourth-order valence-corrected chi connectivity index (χ4v) is 4.57. The summed E-state index contributed by atoms with van der Waals surface area (Å²) in [7, 11) is 0. The largest absolute Gasteiger partial charge is 0.465 e. The number of nitrogens with one attached hydrogen (secondary N) is 1. The molecular weight excluding hydrogens is 482 g/mol. The number of carbonyl (C=O) groups is 3. The van der Waals surface area contributed by atoms with Gasteiger partial charge in [-0.2, -0.15) is 0 Å². The number of amides is 1. The number of ether oxygens (including phenoxy) is 3. The van der Waals surface area contributed by atoms with Gasteiger partial charge in [0.15, 0.2) is 0 Å². The van der Waals surface area contributed by atoms with Crippen molar-refractivity contribution in [2.24, 2.45) is 11.3 Å². The molecule has 0 bridgehead atoms. The van der Waals surface area contributed by atoms with E-state index in [2.05, 4.69) is 50.4 Å². The molecule has 7 heteroatoms. The van der Waals surface area contributed by atoms with Gasteiger partial charge in [0, 0.05) is 25.5 Å². The van der Waals surface area contributed by atoms with E-state index in [0.29, 0.717) is 33.0 Å². The highest BCUT2D eigenvalue weighted by molar-refractivity contribution is 5.88. The van der Waals surface area contributed by atoms with Gasteiger partial charge in [-0.3, -0.25) is 9.59 Å². The lowest BCUT2D eigenvalue weighted by Gasteiger charge is -2.18. The van der Waals surface area contributed by atoms with Gasteiger partial charge >= 0.3 is 5.97 Å². The highest BCUT2D eigenvalue weighted by Crippen LogP contribution is 2.44. The van der Waals surface area contributed by atoms with Crippen LogP contribution in [-0.2, 0) is 28.6 Å². The molecule has 0 heterocycles. The number of hydrogen-bond acceptors (Lipinski definition) is 6. The molecule has 0 radical (unpaired) electrons. The summed E-state index contributed by atoms with van der Waals surface area (Å²) in [6.45, 7) is 10.4. The maximum Gasteiger partial charge on any atom is 0.306 e. The Morgan fingerprint density at radius 3 is 2.00 bits per heavy atom. The first-order valence-corrected chi connectivity index (χ1v) is 13.4. The van der Waals surface area contributed by atoms with Crippen LogP contribution in [0.3, 0.4) is 0 Å². The van der Waals surface area contributed by atoms with Crippen LogP contribution >= 0.6 is 0 Å². The number of rotatable bonds is 15. The van der Waals surface area contributed by atoms with E-state index in [1.54, 1.807) is 0 Å². The molecule has 0 unspecified atom stereocenters. The average Bonchev–Trinajstić information content (AvgIpc) is 3.18. The highest BCUT2D eigenvalue weighted by Gasteiger charge is 2.30. The van der Waals surface area contributed by atoms with E-state index in [0.717, 1.165) is 28.7 Å². The van der Waals surface area contributed by atoms with Crippen LogP contribution in [0.25, 0.3) is 11.1 Å². The predicted molar refractivity (Wildman–Crippen MR) is 147 cm³/mol. The van der Waals surface area contributed by atoms with Crippen LogP contribution in [0.15, 0.2) is 48.5 Å². The molecule has 1 N–H and O–H groups in total. The third-order valence-corrected chi connectivity index (χ3v) is 6.61. The molecule has 3 rings (SSSR count). The standard InChI is InChI=1S/C31H41NO6/c1-22(33)19-23(30(35)32-14-16-37-18-17-36-15-13-31(2,3)4)20-29(34)38-21-28-26-11-7-5-9-24(26)25-10-6-8-12-27(25)28/h5-12,23,28H,13-21H2,1-4H3,(H,32,35)/t23-/m1/s1. The lowest BCUT2D eigenvalue weighted by molar-refractivity contribution is -0.147. The highest BCUT2D eigenvalue weighted by atomic mass is 16.5. The minimum atomic E-state index is -0.774. The van der Waals surface area contributed by atoms with Crippen molar-refractivity contribution < 1.29 is 28.6 Å². The Kier molecular flexibility index (Phi) is 11.0. The molecule has 1 amide bonds. The van der Waals surface area contributed by atoms with Gasteiger partial charge < -0.3 is 24.3 Å². The van der Waals surface area contributed by atoms with Crippen LogP contribution in [0.4, 0.5) is 0 Å². The fraction of sp³-hybridized carbons (Fsp3) is 0.516. The van der Waals surface area contributed by atoms with E-state index >= 15 is 0 Å². The predicted octanol–water partition coefficient (Wildman–Crippen LogP) is 4.91. The van der Waals surface area contributed by atoms with Gasteiger partial charge in [-0.15, -0.1) is 0 Å². The lowest BCUT2D eigenvalue weighted by atomic mass is 9.93. The number of Topliss-reactive ketones (excluding diaryl/α,β-unsaturated/α-hetero) is 1. The summed E-state index contributed by atoms with van der Waals surface area (Å²) in [5.41, 5.74) is 4.79. The van der Waals surface area contributed by atoms with Crippen molar-refractivity contribution in [3.8, 4) is 11.1 Å². The minimum absolute atomic E-state index is 0.0154. The molecule has 0 aromatic heterocycles. The van der Waals surface area contributed by atoms with Gasteiger partial charge in [0.1, 0.15) is 12.4 Å². The topological polar surface area (TPSA) is 90.9 Å². The van der Waals surface area contributed by atoms with E-state index in [1.165, 1.54) is 6.92 Å². The van der Waals surface area contributed by atoms with Crippen LogP contribution in [0.1, 0.15) is 64.0 Å². The molecule has 7 nitrogen and oxygen atoms in total. The Morgan fingerprint density at radius 1 is 0.842 bits per heavy atom. The summed E-state index contributed by atoms with van der Waals surface area (Å²) >= 11 is 0. The fourth-order valence-electron chi connectivity index (χ4n) is 4.57. The molecule has 2 aromatic carbocycles. The first kappa shape index (κ1) is 29.5. The third kappa shape index (κ3) is 9.07. The van der Waals surface area contributed by atoms with Crippen molar-refractivity contribution in [1.82, 2.24) is 5.32 Å². The maximum absolute atomic E-state index is 12.7. The number of hydrogen-bond donors (Lipinski definition) is 1. The third-order valence-electron chi connectivity index (χ3n) is 6.61. The summed E-state index contributed by atoms with van der Waals surface area (Å²) < 4.78 is 16.7. The Hall–Kier alpha value is -3.03. The van der Waals surface area contributed by atoms with Gasteiger partial charge in [0.25, 0.3) is 0 Å². The van der Waals surface area contributed by atoms with Crippen LogP contribution in [0.2, 0.25) is 0 Å². The molecule has 1 aliphatic carbocycles. The van der Waals surface area contributed by atoms with Crippen LogP contribution in [-0.4, -0.2) is 57.2 Å². The Bertz CT molecular complexity index is 1040. The quantitative estimate of drug-likeness (QED) is 0.263. The van der Waals surface area contributed by atoms with E-state index < -0.39 is 11.9 Å². The van der Waals surface area contributed by atoms with Gasteiger partial charge in [0.05, 0.1) is 32.2 Å². The van der Waals surface area contributed by atoms with E-state index in [1.807, 2.05) is 24.3 Å². The van der Waals surface area contributed by atoms with Crippen molar-refractivity contribution in [1.29, 1.82) is 0 Å². The van der Waals surface area contributed by atoms with Crippen LogP contribution in [0.5, 0.6) is 0 Å². The van der Waals surface area contributed by atoms with Crippen molar-refractivity contribution >= 4 is 17.7 Å². The molecule has 38 heavy (non-hydrogen) atoms. The monoisotopic (exact) mass is 523 g/mol. The van der Waals surface area contributed by atoms with E-state index in [9.17, 15) is 14.4 Å². The second-order valence-corrected chi connectivity index (χ2v) is 11.0. The number of esters is 1. The van der Waals surface area contributed by atoms with E-state index in [4.69, 9.17) is 14.2 Å².